The van der Waals surface area contributed by atoms with Crippen molar-refractivity contribution in [3.8, 4) is 0 Å². The summed E-state index contributed by atoms with van der Waals surface area (Å²) in [6, 6.07) is 0. The molecule has 3 unspecified atom stereocenters. The first-order valence-electron chi connectivity index (χ1n) is 9.37. The Hall–Kier alpha value is 0.0499. The smallest absolute Gasteiger partial charge is 0.292 e. The van der Waals surface area contributed by atoms with E-state index < -0.39 is 0 Å². The predicted octanol–water partition coefficient (Wildman–Crippen LogP) is 5.38. The van der Waals surface area contributed by atoms with Crippen molar-refractivity contribution in [2.75, 3.05) is 0 Å². The van der Waals surface area contributed by atoms with E-state index in [1.54, 1.807) is 0 Å². The lowest BCUT2D eigenvalue weighted by Gasteiger charge is -2.46. The van der Waals surface area contributed by atoms with Crippen LogP contribution in [0.1, 0.15) is 74.7 Å². The maximum Gasteiger partial charge on any atom is 0.292 e. The summed E-state index contributed by atoms with van der Waals surface area (Å²) in [5.41, 5.74) is -0.0930. The third kappa shape index (κ3) is 5.03. The fraction of sp³-hybridized carbons (Fsp3) is 1.00. The molecule has 0 N–H and O–H groups in total. The van der Waals surface area contributed by atoms with Crippen molar-refractivity contribution in [1.82, 2.24) is 0 Å². The Morgan fingerprint density at radius 3 is 2.45 bits per heavy atom. The third-order valence-corrected chi connectivity index (χ3v) is 5.97. The van der Waals surface area contributed by atoms with Gasteiger partial charge in [0.1, 0.15) is 0 Å². The van der Waals surface area contributed by atoms with Crippen LogP contribution in [-0.4, -0.2) is 24.8 Å². The van der Waals surface area contributed by atoms with E-state index in [-0.39, 0.29) is 24.8 Å². The summed E-state index contributed by atoms with van der Waals surface area (Å²) in [7, 11) is 0. The van der Waals surface area contributed by atoms with Crippen LogP contribution in [0, 0.1) is 17.8 Å². The van der Waals surface area contributed by atoms with Crippen LogP contribution in [0.5, 0.6) is 0 Å². The highest BCUT2D eigenvalue weighted by Crippen LogP contribution is 2.39. The second-order valence-corrected chi connectivity index (χ2v) is 8.78. The summed E-state index contributed by atoms with van der Waals surface area (Å²) < 4.78 is 13.0. The third-order valence-electron chi connectivity index (χ3n) is 5.97. The monoisotopic (exact) mass is 308 g/mol. The van der Waals surface area contributed by atoms with E-state index in [2.05, 4.69) is 62.2 Å². The number of rotatable bonds is 7. The van der Waals surface area contributed by atoms with Crippen LogP contribution >= 0.6 is 0 Å². The Labute approximate surface area is 140 Å². The van der Waals surface area contributed by atoms with Crippen LogP contribution in [0.4, 0.5) is 0 Å². The molecule has 0 aromatic heterocycles. The predicted molar refractivity (Wildman–Crippen MR) is 99.5 cm³/mol. The Kier molecular flexibility index (Phi) is 7.08. The lowest BCUT2D eigenvalue weighted by atomic mass is 9.24. The van der Waals surface area contributed by atoms with Crippen molar-refractivity contribution in [3.05, 3.63) is 0 Å². The average Bonchev–Trinajstić information content (AvgIpc) is 2.39. The van der Waals surface area contributed by atoms with Gasteiger partial charge in [0, 0.05) is 5.60 Å². The lowest BCUT2D eigenvalue weighted by molar-refractivity contribution is -0.00653. The highest BCUT2D eigenvalue weighted by Gasteiger charge is 2.45. The zero-order valence-corrected chi connectivity index (χ0v) is 16.5. The molecule has 1 saturated heterocycles. The Bertz CT molecular complexity index is 346. The molecule has 0 saturated carbocycles. The minimum absolute atomic E-state index is 0.00474. The van der Waals surface area contributed by atoms with Gasteiger partial charge in [0.05, 0.1) is 5.60 Å². The van der Waals surface area contributed by atoms with Gasteiger partial charge in [-0.1, -0.05) is 60.6 Å². The summed E-state index contributed by atoms with van der Waals surface area (Å²) in [5.74, 6) is 1.85. The lowest BCUT2D eigenvalue weighted by Crippen LogP contribution is -2.55. The quantitative estimate of drug-likeness (QED) is 0.588. The maximum atomic E-state index is 6.59. The first kappa shape index (κ1) is 20.1. The topological polar surface area (TPSA) is 18.5 Å². The highest BCUT2D eigenvalue weighted by molar-refractivity contribution is 7.16. The van der Waals surface area contributed by atoms with Gasteiger partial charge in [-0.3, -0.25) is 0 Å². The first-order valence-corrected chi connectivity index (χ1v) is 9.37. The molecule has 1 aliphatic rings. The van der Waals surface area contributed by atoms with E-state index in [0.29, 0.717) is 17.8 Å². The van der Waals surface area contributed by atoms with Crippen LogP contribution in [-0.2, 0) is 9.31 Å². The molecule has 2 nitrogen and oxygen atoms in total. The summed E-state index contributed by atoms with van der Waals surface area (Å²) in [6.07, 6.45) is 4.64. The molecule has 0 radical (unpaired) electrons. The summed E-state index contributed by atoms with van der Waals surface area (Å²) in [6.45, 7) is 20.7. The minimum atomic E-state index is -0.0883. The molecular formula is C18H38B2O2. The van der Waals surface area contributed by atoms with Crippen molar-refractivity contribution < 1.29 is 9.31 Å². The van der Waals surface area contributed by atoms with Crippen LogP contribution < -0.4 is 0 Å². The minimum Gasteiger partial charge on any atom is -0.436 e. The van der Waals surface area contributed by atoms with Crippen molar-refractivity contribution >= 4 is 13.6 Å². The molecule has 22 heavy (non-hydrogen) atoms. The zero-order chi connectivity index (χ0) is 17.1. The van der Waals surface area contributed by atoms with E-state index in [1.165, 1.54) is 6.42 Å². The summed E-state index contributed by atoms with van der Waals surface area (Å²) in [4.78, 5) is 0. The Morgan fingerprint density at radius 1 is 1.36 bits per heavy atom. The molecular weight excluding hydrogens is 270 g/mol. The molecule has 0 aromatic carbocycles. The van der Waals surface area contributed by atoms with Gasteiger partial charge in [-0.05, 0) is 44.9 Å². The second kappa shape index (κ2) is 7.75. The van der Waals surface area contributed by atoms with E-state index in [9.17, 15) is 0 Å². The fourth-order valence-electron chi connectivity index (χ4n) is 3.79. The normalized spacial score (nSPS) is 28.1. The van der Waals surface area contributed by atoms with Crippen LogP contribution in [0.15, 0.2) is 0 Å². The van der Waals surface area contributed by atoms with Crippen LogP contribution in [0.25, 0.3) is 0 Å². The van der Waals surface area contributed by atoms with E-state index in [0.717, 1.165) is 19.2 Å². The molecule has 0 bridgehead atoms. The molecule has 0 aromatic rings. The number of hydrogen-bond acceptors (Lipinski definition) is 2. The van der Waals surface area contributed by atoms with Gasteiger partial charge < -0.3 is 9.31 Å². The standard InChI is InChI=1S/C18H38B2O2/c1-10-15(4)17(6,7)21-19(9)20-12-11-16(5)18(8,22-20)13-14(2)3/h14-16H,10-13H2,1-9H3. The molecule has 0 spiro atoms. The van der Waals surface area contributed by atoms with E-state index in [4.69, 9.17) is 9.31 Å². The molecule has 128 valence electrons. The van der Waals surface area contributed by atoms with Crippen molar-refractivity contribution in [1.29, 1.82) is 0 Å². The Morgan fingerprint density at radius 2 is 1.95 bits per heavy atom. The molecule has 0 amide bonds. The van der Waals surface area contributed by atoms with Gasteiger partial charge >= 0.3 is 0 Å². The van der Waals surface area contributed by atoms with Gasteiger partial charge in [0.2, 0.25) is 0 Å². The fourth-order valence-corrected chi connectivity index (χ4v) is 3.79. The SMILES string of the molecule is CCC(C)C(C)(C)OB(C)B1CCC(C)C(C)(CC(C)C)O1. The molecule has 1 aliphatic heterocycles. The summed E-state index contributed by atoms with van der Waals surface area (Å²) >= 11 is 0. The molecule has 3 atom stereocenters. The molecule has 0 aliphatic carbocycles. The highest BCUT2D eigenvalue weighted by atomic mass is 16.5. The molecule has 1 heterocycles. The van der Waals surface area contributed by atoms with Crippen molar-refractivity contribution in [2.45, 2.75) is 99.0 Å². The van der Waals surface area contributed by atoms with Gasteiger partial charge in [0.15, 0.2) is 0 Å². The van der Waals surface area contributed by atoms with E-state index >= 15 is 0 Å². The summed E-state index contributed by atoms with van der Waals surface area (Å²) in [5, 5.41) is 0. The first-order chi connectivity index (χ1) is 10.0. The zero-order valence-electron chi connectivity index (χ0n) is 16.5. The van der Waals surface area contributed by atoms with Gasteiger partial charge in [-0.25, -0.2) is 0 Å². The molecule has 1 fully saturated rings. The average molecular weight is 308 g/mol. The van der Waals surface area contributed by atoms with Crippen LogP contribution in [0.3, 0.4) is 0 Å². The van der Waals surface area contributed by atoms with Gasteiger partial charge in [-0.2, -0.15) is 0 Å². The van der Waals surface area contributed by atoms with Crippen LogP contribution in [0.2, 0.25) is 13.1 Å². The van der Waals surface area contributed by atoms with E-state index in [1.807, 2.05) is 0 Å². The number of hydrogen-bond donors (Lipinski definition) is 0. The van der Waals surface area contributed by atoms with Crippen molar-refractivity contribution in [3.63, 3.8) is 0 Å². The molecule has 4 heteroatoms. The molecule has 1 rings (SSSR count). The van der Waals surface area contributed by atoms with Gasteiger partial charge in [0.25, 0.3) is 13.6 Å². The van der Waals surface area contributed by atoms with Crippen molar-refractivity contribution in [2.24, 2.45) is 17.8 Å². The Balaban J connectivity index is 2.72. The second-order valence-electron chi connectivity index (χ2n) is 8.78. The maximum absolute atomic E-state index is 6.59. The van der Waals surface area contributed by atoms with Gasteiger partial charge in [-0.15, -0.1) is 0 Å². The largest absolute Gasteiger partial charge is 0.436 e.